The van der Waals surface area contributed by atoms with Gasteiger partial charge in [0.15, 0.2) is 0 Å². The van der Waals surface area contributed by atoms with Crippen LogP contribution in [0.5, 0.6) is 5.75 Å². The lowest BCUT2D eigenvalue weighted by molar-refractivity contribution is -0.156. The second-order valence-electron chi connectivity index (χ2n) is 8.06. The number of ether oxygens (including phenoxy) is 2. The molecule has 1 aliphatic rings. The Morgan fingerprint density at radius 2 is 2.08 bits per heavy atom. The Hall–Kier alpha value is -2.37. The van der Waals surface area contributed by atoms with Gasteiger partial charge in [-0.25, -0.2) is 9.67 Å². The van der Waals surface area contributed by atoms with E-state index >= 15 is 0 Å². The van der Waals surface area contributed by atoms with Crippen LogP contribution in [0.25, 0.3) is 0 Å². The molecule has 0 amide bonds. The first kappa shape index (κ1) is 18.4. The third kappa shape index (κ3) is 3.74. The molecule has 26 heavy (non-hydrogen) atoms. The van der Waals surface area contributed by atoms with E-state index in [-0.39, 0.29) is 35.6 Å². The van der Waals surface area contributed by atoms with E-state index < -0.39 is 0 Å². The fourth-order valence-corrected chi connectivity index (χ4v) is 3.69. The molecule has 2 aromatic rings. The number of carbonyl (C=O) groups excluding carboxylic acids is 1. The zero-order valence-corrected chi connectivity index (χ0v) is 16.0. The SMILES string of the molecule is CC(=O)OC(C(CC1Oc2ccccc2C1C)n1cncn1)C(C)(C)C. The van der Waals surface area contributed by atoms with Crippen LogP contribution in [0.15, 0.2) is 36.9 Å². The molecule has 1 aromatic carbocycles. The van der Waals surface area contributed by atoms with E-state index in [1.807, 2.05) is 18.2 Å². The van der Waals surface area contributed by atoms with E-state index in [1.165, 1.54) is 18.8 Å². The number of para-hydroxylation sites is 1. The van der Waals surface area contributed by atoms with Gasteiger partial charge in [-0.1, -0.05) is 45.9 Å². The van der Waals surface area contributed by atoms with Crippen LogP contribution in [0.4, 0.5) is 0 Å². The molecule has 0 aliphatic carbocycles. The molecule has 0 saturated heterocycles. The molecule has 4 unspecified atom stereocenters. The number of fused-ring (bicyclic) bond motifs is 1. The number of benzene rings is 1. The van der Waals surface area contributed by atoms with Crippen molar-refractivity contribution in [2.75, 3.05) is 0 Å². The van der Waals surface area contributed by atoms with Gasteiger partial charge in [0.2, 0.25) is 0 Å². The average Bonchev–Trinajstić information content (AvgIpc) is 3.19. The van der Waals surface area contributed by atoms with Gasteiger partial charge in [0.1, 0.15) is 30.6 Å². The predicted molar refractivity (Wildman–Crippen MR) is 98.0 cm³/mol. The van der Waals surface area contributed by atoms with Crippen molar-refractivity contribution in [3.05, 3.63) is 42.5 Å². The summed E-state index contributed by atoms with van der Waals surface area (Å²) in [5.41, 5.74) is 0.964. The highest BCUT2D eigenvalue weighted by molar-refractivity contribution is 5.66. The molecule has 2 heterocycles. The second-order valence-corrected chi connectivity index (χ2v) is 8.06. The molecule has 140 valence electrons. The number of carbonyl (C=O) groups is 1. The summed E-state index contributed by atoms with van der Waals surface area (Å²) in [6.07, 6.45) is 3.51. The maximum Gasteiger partial charge on any atom is 0.302 e. The minimum absolute atomic E-state index is 0.0120. The van der Waals surface area contributed by atoms with Crippen LogP contribution in [0.3, 0.4) is 0 Å². The maximum absolute atomic E-state index is 11.8. The lowest BCUT2D eigenvalue weighted by Gasteiger charge is -2.37. The van der Waals surface area contributed by atoms with Crippen LogP contribution in [0.2, 0.25) is 0 Å². The summed E-state index contributed by atoms with van der Waals surface area (Å²) in [7, 11) is 0. The van der Waals surface area contributed by atoms with Crippen molar-refractivity contribution in [1.29, 1.82) is 0 Å². The average molecular weight is 357 g/mol. The van der Waals surface area contributed by atoms with E-state index in [9.17, 15) is 4.79 Å². The van der Waals surface area contributed by atoms with Gasteiger partial charge >= 0.3 is 5.97 Å². The quantitative estimate of drug-likeness (QED) is 0.763. The summed E-state index contributed by atoms with van der Waals surface area (Å²) in [6.45, 7) is 9.82. The van der Waals surface area contributed by atoms with Crippen LogP contribution < -0.4 is 4.74 Å². The zero-order valence-electron chi connectivity index (χ0n) is 16.0. The number of hydrogen-bond donors (Lipinski definition) is 0. The monoisotopic (exact) mass is 357 g/mol. The first-order chi connectivity index (χ1) is 12.3. The van der Waals surface area contributed by atoms with E-state index in [2.05, 4.69) is 43.8 Å². The van der Waals surface area contributed by atoms with Gasteiger partial charge in [0.05, 0.1) is 6.04 Å². The summed E-state index contributed by atoms with van der Waals surface area (Å²) < 4.78 is 13.7. The molecule has 1 aliphatic heterocycles. The standard InChI is InChI=1S/C20H27N3O3/c1-13-15-8-6-7-9-17(15)26-18(13)10-16(23-12-21-11-22-23)19(20(3,4)5)25-14(2)24/h6-9,11-13,16,18-19H,10H2,1-5H3. The smallest absolute Gasteiger partial charge is 0.302 e. The molecule has 3 rings (SSSR count). The molecule has 1 aromatic heterocycles. The molecule has 4 atom stereocenters. The third-order valence-electron chi connectivity index (χ3n) is 4.99. The van der Waals surface area contributed by atoms with Crippen molar-refractivity contribution in [2.24, 2.45) is 5.41 Å². The fraction of sp³-hybridized carbons (Fsp3) is 0.550. The molecule has 0 radical (unpaired) electrons. The van der Waals surface area contributed by atoms with E-state index in [0.29, 0.717) is 6.42 Å². The first-order valence-electron chi connectivity index (χ1n) is 9.04. The van der Waals surface area contributed by atoms with E-state index in [4.69, 9.17) is 9.47 Å². The summed E-state index contributed by atoms with van der Waals surface area (Å²) in [6, 6.07) is 7.97. The minimum Gasteiger partial charge on any atom is -0.489 e. The minimum atomic E-state index is -0.346. The molecular weight excluding hydrogens is 330 g/mol. The number of nitrogens with zero attached hydrogens (tertiary/aromatic N) is 3. The molecule has 0 saturated carbocycles. The fourth-order valence-electron chi connectivity index (χ4n) is 3.69. The van der Waals surface area contributed by atoms with Crippen LogP contribution in [-0.2, 0) is 9.53 Å². The van der Waals surface area contributed by atoms with Crippen molar-refractivity contribution >= 4 is 5.97 Å². The molecule has 0 bridgehead atoms. The van der Waals surface area contributed by atoms with Gasteiger partial charge in [-0.2, -0.15) is 5.10 Å². The van der Waals surface area contributed by atoms with Gasteiger partial charge in [0, 0.05) is 30.2 Å². The van der Waals surface area contributed by atoms with E-state index in [1.54, 1.807) is 11.0 Å². The van der Waals surface area contributed by atoms with Crippen LogP contribution >= 0.6 is 0 Å². The predicted octanol–water partition coefficient (Wildman–Crippen LogP) is 3.75. The molecule has 0 N–H and O–H groups in total. The van der Waals surface area contributed by atoms with Crippen LogP contribution in [-0.4, -0.2) is 32.9 Å². The van der Waals surface area contributed by atoms with Crippen molar-refractivity contribution in [3.8, 4) is 5.75 Å². The number of hydrogen-bond acceptors (Lipinski definition) is 5. The van der Waals surface area contributed by atoms with Crippen LogP contribution in [0, 0.1) is 5.41 Å². The highest BCUT2D eigenvalue weighted by Crippen LogP contribution is 2.43. The molecule has 0 fully saturated rings. The van der Waals surface area contributed by atoms with Crippen molar-refractivity contribution in [1.82, 2.24) is 14.8 Å². The Morgan fingerprint density at radius 1 is 1.35 bits per heavy atom. The van der Waals surface area contributed by atoms with Crippen molar-refractivity contribution in [2.45, 2.75) is 65.2 Å². The largest absolute Gasteiger partial charge is 0.489 e. The van der Waals surface area contributed by atoms with Crippen LogP contribution in [0.1, 0.15) is 58.6 Å². The molecule has 0 spiro atoms. The van der Waals surface area contributed by atoms with Crippen molar-refractivity contribution < 1.29 is 14.3 Å². The Balaban J connectivity index is 1.89. The number of rotatable bonds is 5. The lowest BCUT2D eigenvalue weighted by Crippen LogP contribution is -2.41. The summed E-state index contributed by atoms with van der Waals surface area (Å²) in [4.78, 5) is 15.8. The van der Waals surface area contributed by atoms with Gasteiger partial charge in [0.25, 0.3) is 0 Å². The Morgan fingerprint density at radius 3 is 2.65 bits per heavy atom. The number of esters is 1. The third-order valence-corrected chi connectivity index (χ3v) is 4.99. The highest BCUT2D eigenvalue weighted by Gasteiger charge is 2.41. The molecule has 6 nitrogen and oxygen atoms in total. The first-order valence-corrected chi connectivity index (χ1v) is 9.04. The van der Waals surface area contributed by atoms with Gasteiger partial charge < -0.3 is 9.47 Å². The molecular formula is C20H27N3O3. The topological polar surface area (TPSA) is 66.2 Å². The Kier molecular flexibility index (Phi) is 5.03. The van der Waals surface area contributed by atoms with Gasteiger partial charge in [-0.15, -0.1) is 0 Å². The second kappa shape index (κ2) is 7.09. The van der Waals surface area contributed by atoms with E-state index in [0.717, 1.165) is 5.75 Å². The maximum atomic E-state index is 11.8. The zero-order chi connectivity index (χ0) is 18.9. The van der Waals surface area contributed by atoms with Gasteiger partial charge in [-0.3, -0.25) is 4.79 Å². The highest BCUT2D eigenvalue weighted by atomic mass is 16.5. The van der Waals surface area contributed by atoms with Gasteiger partial charge in [-0.05, 0) is 6.07 Å². The Bertz CT molecular complexity index is 752. The number of aromatic nitrogens is 3. The summed E-state index contributed by atoms with van der Waals surface area (Å²) >= 11 is 0. The summed E-state index contributed by atoms with van der Waals surface area (Å²) in [5.74, 6) is 0.899. The van der Waals surface area contributed by atoms with Crippen molar-refractivity contribution in [3.63, 3.8) is 0 Å². The molecule has 6 heteroatoms. The Labute approximate surface area is 154 Å². The normalized spacial score (nSPS) is 21.6. The lowest BCUT2D eigenvalue weighted by atomic mass is 9.81. The summed E-state index contributed by atoms with van der Waals surface area (Å²) in [5, 5.41) is 4.33.